The molecule has 1 aromatic heterocycles. The molecule has 0 radical (unpaired) electrons. The largest absolute Gasteiger partial charge is 0.508 e. The zero-order valence-electron chi connectivity index (χ0n) is 67.7. The van der Waals surface area contributed by atoms with Gasteiger partial charge in [0, 0.05) is 54.9 Å². The van der Waals surface area contributed by atoms with Crippen LogP contribution in [0.15, 0.2) is 95.9 Å². The summed E-state index contributed by atoms with van der Waals surface area (Å²) in [5.41, 5.74) is 3.19. The summed E-state index contributed by atoms with van der Waals surface area (Å²) in [5, 5.41) is 129. The number of benzene rings is 5. The maximum absolute atomic E-state index is 16.3. The van der Waals surface area contributed by atoms with E-state index in [9.17, 15) is 69.9 Å². The summed E-state index contributed by atoms with van der Waals surface area (Å²) in [4.78, 5) is 155. The van der Waals surface area contributed by atoms with Crippen LogP contribution < -0.4 is 79.0 Å². The second-order valence-corrected chi connectivity index (χ2v) is 32.9. The zero-order chi connectivity index (χ0) is 88.9. The van der Waals surface area contributed by atoms with Gasteiger partial charge in [0.15, 0.2) is 23.9 Å². The topological polar surface area (TPSA) is 582 Å². The fraction of sp³-hybridized carbons (Fsp3) is 0.476. The van der Waals surface area contributed by atoms with Crippen LogP contribution >= 0.6 is 23.2 Å². The van der Waals surface area contributed by atoms with E-state index in [-0.39, 0.29) is 83.4 Å². The van der Waals surface area contributed by atoms with Gasteiger partial charge in [-0.25, -0.2) is 10.3 Å². The number of aliphatic hydroxyl groups is 6. The highest BCUT2D eigenvalue weighted by atomic mass is 35.5. The number of amides is 9. The van der Waals surface area contributed by atoms with Crippen molar-refractivity contribution in [2.75, 3.05) is 32.6 Å². The normalized spacial score (nSPS) is 28.1. The number of aromatic nitrogens is 2. The monoisotopic (exact) mass is 1750 g/mol. The van der Waals surface area contributed by atoms with E-state index in [1.807, 2.05) is 13.8 Å². The van der Waals surface area contributed by atoms with Gasteiger partial charge in [-0.2, -0.15) is 4.98 Å². The lowest BCUT2D eigenvalue weighted by atomic mass is 9.81. The van der Waals surface area contributed by atoms with Gasteiger partial charge < -0.3 is 128 Å². The van der Waals surface area contributed by atoms with E-state index in [1.54, 1.807) is 6.92 Å². The third-order valence-corrected chi connectivity index (χ3v) is 23.2. The first-order valence-corrected chi connectivity index (χ1v) is 40.6. The predicted octanol–water partition coefficient (Wildman–Crippen LogP) is 1.74. The molecule has 6 aromatic rings. The van der Waals surface area contributed by atoms with Crippen molar-refractivity contribution >= 4 is 82.2 Å². The molecule has 662 valence electrons. The molecule has 0 spiro atoms. The van der Waals surface area contributed by atoms with Gasteiger partial charge in [-0.3, -0.25) is 52.6 Å². The molecule has 8 aliphatic rings. The highest BCUT2D eigenvalue weighted by molar-refractivity contribution is 6.32. The Morgan fingerprint density at radius 1 is 0.715 bits per heavy atom. The zero-order valence-corrected chi connectivity index (χ0v) is 69.2. The number of phenolic OH excluding ortho intramolecular Hbond substituents is 3. The first-order valence-electron chi connectivity index (χ1n) is 39.8. The molecule has 39 nitrogen and oxygen atoms in total. The number of anilines is 1. The summed E-state index contributed by atoms with van der Waals surface area (Å²) in [6.45, 7) is 7.94. The number of hydroxylamine groups is 1. The fourth-order valence-corrected chi connectivity index (χ4v) is 16.4. The lowest BCUT2D eigenvalue weighted by molar-refractivity contribution is -0.334. The Morgan fingerprint density at radius 2 is 1.36 bits per heavy atom. The molecule has 1 saturated carbocycles. The predicted molar refractivity (Wildman–Crippen MR) is 433 cm³/mol. The number of fused-ring (bicyclic) bond motifs is 15. The molecule has 0 unspecified atom stereocenters. The van der Waals surface area contributed by atoms with Crippen LogP contribution in [0, 0.1) is 17.8 Å². The van der Waals surface area contributed by atoms with Gasteiger partial charge in [-0.1, -0.05) is 75.0 Å². The Bertz CT molecular complexity index is 5060. The van der Waals surface area contributed by atoms with E-state index in [2.05, 4.69) is 65.2 Å². The number of carbonyl (C=O) groups is 9. The van der Waals surface area contributed by atoms with Gasteiger partial charge >= 0.3 is 5.69 Å². The van der Waals surface area contributed by atoms with Crippen LogP contribution in [0.1, 0.15) is 144 Å². The van der Waals surface area contributed by atoms with Crippen molar-refractivity contribution in [3.05, 3.63) is 139 Å². The first kappa shape index (κ1) is 91.3. The number of aromatic hydroxyl groups is 3. The molecule has 8 heterocycles. The molecule has 7 aliphatic heterocycles. The average molecular weight is 1750 g/mol. The van der Waals surface area contributed by atoms with Crippen molar-refractivity contribution in [3.8, 4) is 57.1 Å². The molecule has 11 bridgehead atoms. The maximum Gasteiger partial charge on any atom is 0.349 e. The van der Waals surface area contributed by atoms with Crippen LogP contribution in [0.5, 0.6) is 46.0 Å². The molecule has 5 aromatic carbocycles. The third-order valence-electron chi connectivity index (χ3n) is 22.6. The van der Waals surface area contributed by atoms with Crippen LogP contribution in [-0.4, -0.2) is 215 Å². The maximum atomic E-state index is 16.3. The van der Waals surface area contributed by atoms with E-state index >= 15 is 24.0 Å². The lowest BCUT2D eigenvalue weighted by Crippen LogP contribution is -2.65. The SMILES string of the molecule is CN[C@H](CC(C)C)C(=O)N[C@H]1C(=O)N[C@@H](CC(N)=O)C(=O)N[C@H]2C(=O)N[C@H]3C(=O)N[C@H](C(=O)N[C@@H](C(=O)NOC)c4cc(O)cc(O)c4-c4cc3ccc4O)[C@H](O)c3ccc(c(Cl)c3)Oc3cc2cc(c3O[C@@H]2O[C@H](CO)[C@@H](O)[C@H](O)[C@H]2O[C@H]2C[C@](C)(NCCn3ccc(NC(=O)CC4CCC(C)CC4)nc3=O)[C@H](O)[C@H](C)O2)Oc2ccc(cc2Cl)[C@H]1O. The number of nitrogens with one attached hydrogen (secondary N) is 10. The number of phenols is 3. The number of primary amides is 1. The molecule has 41 heteroatoms. The fourth-order valence-electron chi connectivity index (χ4n) is 15.9. The molecule has 2 saturated heterocycles. The van der Waals surface area contributed by atoms with Crippen molar-refractivity contribution in [1.29, 1.82) is 0 Å². The molecule has 9 amide bonds. The molecule has 14 rings (SSSR count). The number of likely N-dealkylation sites (N-methyl/N-ethyl adjacent to an activating group) is 1. The molecule has 1 aliphatic carbocycles. The highest BCUT2D eigenvalue weighted by Crippen LogP contribution is 2.50. The van der Waals surface area contributed by atoms with Crippen LogP contribution in [0.25, 0.3) is 11.1 Å². The minimum absolute atomic E-state index is 0.00479. The number of nitrogens with two attached hydrogens (primary N) is 1. The van der Waals surface area contributed by atoms with Crippen LogP contribution in [0.4, 0.5) is 5.82 Å². The van der Waals surface area contributed by atoms with Crippen molar-refractivity contribution in [2.24, 2.45) is 23.5 Å². The Hall–Kier alpha value is -10.9. The molecule has 123 heavy (non-hydrogen) atoms. The number of hydrogen-bond donors (Lipinski definition) is 20. The molecular weight excluding hydrogens is 1650 g/mol. The lowest BCUT2D eigenvalue weighted by Gasteiger charge is -2.48. The van der Waals surface area contributed by atoms with Gasteiger partial charge in [-0.05, 0) is 146 Å². The summed E-state index contributed by atoms with van der Waals surface area (Å²) >= 11 is 14.4. The van der Waals surface area contributed by atoms with E-state index in [4.69, 9.17) is 62.2 Å². The van der Waals surface area contributed by atoms with E-state index in [0.29, 0.717) is 5.92 Å². The molecule has 3 fully saturated rings. The summed E-state index contributed by atoms with van der Waals surface area (Å²) in [6.07, 6.45) is -13.6. The Labute approximate surface area is 713 Å². The highest BCUT2D eigenvalue weighted by Gasteiger charge is 2.52. The first-order chi connectivity index (χ1) is 58.4. The van der Waals surface area contributed by atoms with E-state index in [1.165, 1.54) is 42.9 Å². The van der Waals surface area contributed by atoms with Crippen molar-refractivity contribution in [3.63, 3.8) is 0 Å². The van der Waals surface area contributed by atoms with E-state index in [0.717, 1.165) is 99.5 Å². The number of hydrogen-bond acceptors (Lipinski definition) is 29. The standard InChI is InChI=1S/C82H99Cl2N13O26/c1-34(2)22-47(86-6)73(109)94-64-66(104)39-13-16-51(45(83)25-39)119-53-27-41-28-54(70(53)123-80-71(69(107)68(106)55(33-98)121-80)122-59-32-82(5,72(108)36(4)118-59)87-19-21-97-20-18-57(90-81(97)116)89-58(103)23-37-10-8-35(3)9-11-37)120-52-17-14-40(26-46(52)84)67(105)65-78(114)93-63(79(115)96-117-7)44-29-42(99)30-50(101)60(44)43-24-38(12-15-49(43)100)61(75(111)95-65)92-76(112)62(41)91-74(110)48(31-56(85)102)88-77(64)113/h12-18,20,24-30,34-37,47-48,55,59,61-69,71-72,80,86-87,98-101,104-108H,8-11,19,21-23,31-33H2,1-7H3,(H2,85,102)(H,88,113)(H,91,110)(H,92,112)(H,93,114)(H,94,109)(H,95,111)(H,96,115)(H,89,90,103,116)/t35?,36-,37?,47+,48-,55+,59-,61+,62+,63+,64+,65-,66+,67+,68+,69-,71+,72+,80-,82-/m0/s1. The van der Waals surface area contributed by atoms with Crippen LogP contribution in [0.3, 0.4) is 0 Å². The smallest absolute Gasteiger partial charge is 0.349 e. The Morgan fingerprint density at radius 3 is 1.98 bits per heavy atom. The third kappa shape index (κ3) is 20.8. The van der Waals surface area contributed by atoms with Gasteiger partial charge in [0.25, 0.3) is 5.91 Å². The second kappa shape index (κ2) is 38.9. The minimum Gasteiger partial charge on any atom is -0.508 e. The quantitative estimate of drug-likeness (QED) is 0.0456. The number of halogens is 2. The van der Waals surface area contributed by atoms with Crippen molar-refractivity contribution in [1.82, 2.24) is 57.6 Å². The van der Waals surface area contributed by atoms with Crippen molar-refractivity contribution in [2.45, 2.75) is 202 Å². The van der Waals surface area contributed by atoms with Crippen LogP contribution in [-0.2, 0) is 68.7 Å². The van der Waals surface area contributed by atoms with Gasteiger partial charge in [0.1, 0.15) is 101 Å². The minimum atomic E-state index is -2.38. The summed E-state index contributed by atoms with van der Waals surface area (Å²) in [6, 6.07) is 1.20. The molecule has 18 atom stereocenters. The van der Waals surface area contributed by atoms with Crippen molar-refractivity contribution < 1.29 is 122 Å². The molecular formula is C82H99Cl2N13O26. The van der Waals surface area contributed by atoms with Gasteiger partial charge in [-0.15, -0.1) is 0 Å². The number of rotatable bonds is 21. The van der Waals surface area contributed by atoms with Gasteiger partial charge in [0.05, 0.1) is 48.4 Å². The van der Waals surface area contributed by atoms with E-state index < -0.39 is 243 Å². The number of aliphatic hydroxyl groups excluding tert-OH is 6. The average Bonchev–Trinajstić information content (AvgIpc) is 0.764. The number of carbonyl (C=O) groups excluding carboxylic acids is 9. The Kier molecular flexibility index (Phi) is 28.9. The summed E-state index contributed by atoms with van der Waals surface area (Å²) in [5.74, 6) is -14.7. The summed E-state index contributed by atoms with van der Waals surface area (Å²) in [7, 11) is 2.51. The molecule has 21 N–H and O–H groups in total. The van der Waals surface area contributed by atoms with Crippen LogP contribution in [0.2, 0.25) is 10.0 Å². The number of ether oxygens (including phenoxy) is 6. The summed E-state index contributed by atoms with van der Waals surface area (Å²) < 4.78 is 40.7. The van der Waals surface area contributed by atoms with Gasteiger partial charge in [0.2, 0.25) is 59.3 Å². The Balaban J connectivity index is 0.998. The number of nitrogens with zero attached hydrogens (tertiary/aromatic N) is 2. The second-order valence-electron chi connectivity index (χ2n) is 32.1.